The van der Waals surface area contributed by atoms with Crippen LogP contribution in [0.1, 0.15) is 12.0 Å². The van der Waals surface area contributed by atoms with Gasteiger partial charge in [-0.3, -0.25) is 0 Å². The average molecular weight is 291 g/mol. The number of aryl methyl sites for hydroxylation is 1. The zero-order valence-electron chi connectivity index (χ0n) is 9.93. The lowest BCUT2D eigenvalue weighted by molar-refractivity contribution is 0.189. The molecular formula is C11H15ClN2O3S. The highest BCUT2D eigenvalue weighted by Gasteiger charge is 2.33. The molecule has 1 aliphatic rings. The molecular weight excluding hydrogens is 276 g/mol. The molecule has 0 spiro atoms. The number of nitrogen functional groups attached to an aromatic ring is 1. The number of anilines is 1. The lowest BCUT2D eigenvalue weighted by Gasteiger charge is -2.17. The van der Waals surface area contributed by atoms with E-state index >= 15 is 0 Å². The number of β-amino-alcohol motifs (C(OH)–C–C–N with tert-alkyl or cyclic N) is 1. The van der Waals surface area contributed by atoms with Crippen molar-refractivity contribution in [1.29, 1.82) is 0 Å². The first-order valence-electron chi connectivity index (χ1n) is 5.56. The maximum Gasteiger partial charge on any atom is 0.244 e. The largest absolute Gasteiger partial charge is 0.398 e. The Hall–Kier alpha value is -0.820. The summed E-state index contributed by atoms with van der Waals surface area (Å²) >= 11 is 5.98. The topological polar surface area (TPSA) is 83.6 Å². The van der Waals surface area contributed by atoms with Gasteiger partial charge in [0, 0.05) is 18.8 Å². The maximum absolute atomic E-state index is 12.3. The van der Waals surface area contributed by atoms with E-state index in [-0.39, 0.29) is 16.5 Å². The number of hydrogen-bond acceptors (Lipinski definition) is 4. The molecule has 1 aromatic carbocycles. The highest BCUT2D eigenvalue weighted by atomic mass is 35.5. The van der Waals surface area contributed by atoms with E-state index in [0.29, 0.717) is 18.7 Å². The van der Waals surface area contributed by atoms with Crippen molar-refractivity contribution in [3.8, 4) is 0 Å². The number of halogens is 1. The summed E-state index contributed by atoms with van der Waals surface area (Å²) in [6.07, 6.45) is -0.167. The maximum atomic E-state index is 12.3. The monoisotopic (exact) mass is 290 g/mol. The van der Waals surface area contributed by atoms with Crippen LogP contribution in [0.25, 0.3) is 0 Å². The molecule has 1 fully saturated rings. The molecule has 1 aromatic rings. The standard InChI is InChI=1S/C11H15ClN2O3S/c1-7-4-9(12)11(5-10(7)13)18(16,17)14-3-2-8(15)6-14/h4-5,8,15H,2-3,6,13H2,1H3. The smallest absolute Gasteiger partial charge is 0.244 e. The number of nitrogens with two attached hydrogens (primary N) is 1. The second-order valence-electron chi connectivity index (χ2n) is 4.44. The van der Waals surface area contributed by atoms with Gasteiger partial charge >= 0.3 is 0 Å². The van der Waals surface area contributed by atoms with Crippen molar-refractivity contribution in [2.75, 3.05) is 18.8 Å². The molecule has 18 heavy (non-hydrogen) atoms. The molecule has 1 saturated heterocycles. The van der Waals surface area contributed by atoms with Gasteiger partial charge in [0.25, 0.3) is 0 Å². The third kappa shape index (κ3) is 2.33. The van der Waals surface area contributed by atoms with Crippen molar-refractivity contribution in [2.24, 2.45) is 0 Å². The predicted octanol–water partition coefficient (Wildman–Crippen LogP) is 0.986. The minimum Gasteiger partial charge on any atom is -0.398 e. The first-order chi connectivity index (χ1) is 8.32. The first kappa shape index (κ1) is 13.6. The first-order valence-corrected chi connectivity index (χ1v) is 7.38. The van der Waals surface area contributed by atoms with Gasteiger partial charge < -0.3 is 10.8 Å². The van der Waals surface area contributed by atoms with Gasteiger partial charge in [-0.15, -0.1) is 0 Å². The highest BCUT2D eigenvalue weighted by molar-refractivity contribution is 7.89. The van der Waals surface area contributed by atoms with Gasteiger partial charge in [0.2, 0.25) is 10.0 Å². The summed E-state index contributed by atoms with van der Waals surface area (Å²) < 4.78 is 25.9. The van der Waals surface area contributed by atoms with Crippen LogP contribution in [0.4, 0.5) is 5.69 Å². The van der Waals surface area contributed by atoms with Crippen molar-refractivity contribution >= 4 is 27.3 Å². The van der Waals surface area contributed by atoms with Crippen molar-refractivity contribution in [1.82, 2.24) is 4.31 Å². The van der Waals surface area contributed by atoms with Gasteiger partial charge in [-0.2, -0.15) is 4.31 Å². The number of hydrogen-bond donors (Lipinski definition) is 2. The Bertz CT molecular complexity index is 574. The third-order valence-electron chi connectivity index (χ3n) is 3.06. The minimum absolute atomic E-state index is 0.00127. The zero-order valence-corrected chi connectivity index (χ0v) is 11.5. The van der Waals surface area contributed by atoms with E-state index in [1.807, 2.05) is 0 Å². The summed E-state index contributed by atoms with van der Waals surface area (Å²) in [6, 6.07) is 2.91. The average Bonchev–Trinajstić information content (AvgIpc) is 2.70. The highest BCUT2D eigenvalue weighted by Crippen LogP contribution is 2.30. The molecule has 1 unspecified atom stereocenters. The molecule has 1 heterocycles. The fourth-order valence-electron chi connectivity index (χ4n) is 1.93. The zero-order chi connectivity index (χ0) is 13.5. The molecule has 0 amide bonds. The molecule has 100 valence electrons. The normalized spacial score (nSPS) is 21.4. The van der Waals surface area contributed by atoms with Gasteiger partial charge in [-0.05, 0) is 31.0 Å². The Morgan fingerprint density at radius 3 is 2.72 bits per heavy atom. The predicted molar refractivity (Wildman–Crippen MR) is 70.0 cm³/mol. The molecule has 0 bridgehead atoms. The van der Waals surface area contributed by atoms with Gasteiger partial charge in [0.15, 0.2) is 0 Å². The molecule has 5 nitrogen and oxygen atoms in total. The van der Waals surface area contributed by atoms with E-state index in [9.17, 15) is 13.5 Å². The summed E-state index contributed by atoms with van der Waals surface area (Å²) in [4.78, 5) is 0.00127. The Morgan fingerprint density at radius 2 is 2.17 bits per heavy atom. The van der Waals surface area contributed by atoms with Crippen molar-refractivity contribution in [3.63, 3.8) is 0 Å². The van der Waals surface area contributed by atoms with Crippen LogP contribution in [-0.2, 0) is 10.0 Å². The van der Waals surface area contributed by atoms with Crippen LogP contribution in [0.2, 0.25) is 5.02 Å². The lowest BCUT2D eigenvalue weighted by atomic mass is 10.2. The van der Waals surface area contributed by atoms with Crippen molar-refractivity contribution in [3.05, 3.63) is 22.7 Å². The summed E-state index contributed by atoms with van der Waals surface area (Å²) in [6.45, 7) is 2.16. The SMILES string of the molecule is Cc1cc(Cl)c(S(=O)(=O)N2CCC(O)C2)cc1N. The Morgan fingerprint density at radius 1 is 1.50 bits per heavy atom. The van der Waals surface area contributed by atoms with E-state index in [0.717, 1.165) is 5.56 Å². The van der Waals surface area contributed by atoms with Crippen LogP contribution in [0.15, 0.2) is 17.0 Å². The van der Waals surface area contributed by atoms with Gasteiger partial charge in [0.05, 0.1) is 11.1 Å². The van der Waals surface area contributed by atoms with Gasteiger partial charge in [-0.1, -0.05) is 11.6 Å². The van der Waals surface area contributed by atoms with Crippen LogP contribution in [0.5, 0.6) is 0 Å². The van der Waals surface area contributed by atoms with E-state index in [1.165, 1.54) is 16.4 Å². The molecule has 3 N–H and O–H groups in total. The quantitative estimate of drug-likeness (QED) is 0.796. The molecule has 7 heteroatoms. The summed E-state index contributed by atoms with van der Waals surface area (Å²) in [5, 5.41) is 9.57. The fourth-order valence-corrected chi connectivity index (χ4v) is 4.02. The second kappa shape index (κ2) is 4.70. The summed E-state index contributed by atoms with van der Waals surface area (Å²) in [5.74, 6) is 0. The van der Waals surface area contributed by atoms with Crippen LogP contribution in [-0.4, -0.2) is 37.0 Å². The van der Waals surface area contributed by atoms with Crippen LogP contribution in [0, 0.1) is 6.92 Å². The number of rotatable bonds is 2. The molecule has 2 rings (SSSR count). The third-order valence-corrected chi connectivity index (χ3v) is 5.39. The number of aliphatic hydroxyl groups is 1. The Balaban J connectivity index is 2.45. The molecule has 0 aromatic heterocycles. The van der Waals surface area contributed by atoms with Crippen LogP contribution >= 0.6 is 11.6 Å². The number of sulfonamides is 1. The van der Waals surface area contributed by atoms with Crippen LogP contribution in [0.3, 0.4) is 0 Å². The number of benzene rings is 1. The minimum atomic E-state index is -3.68. The van der Waals surface area contributed by atoms with Crippen molar-refractivity contribution < 1.29 is 13.5 Å². The molecule has 0 saturated carbocycles. The molecule has 1 atom stereocenters. The fraction of sp³-hybridized carbons (Fsp3) is 0.455. The summed E-state index contributed by atoms with van der Waals surface area (Å²) in [7, 11) is -3.68. The van der Waals surface area contributed by atoms with Crippen molar-refractivity contribution in [2.45, 2.75) is 24.3 Å². The molecule has 0 aliphatic carbocycles. The lowest BCUT2D eigenvalue weighted by Crippen LogP contribution is -2.30. The van der Waals surface area contributed by atoms with Gasteiger partial charge in [-0.25, -0.2) is 8.42 Å². The van der Waals surface area contributed by atoms with Crippen LogP contribution < -0.4 is 5.73 Å². The van der Waals surface area contributed by atoms with E-state index in [2.05, 4.69) is 0 Å². The number of aliphatic hydroxyl groups excluding tert-OH is 1. The number of nitrogens with zero attached hydrogens (tertiary/aromatic N) is 1. The molecule has 0 radical (unpaired) electrons. The van der Waals surface area contributed by atoms with Gasteiger partial charge in [0.1, 0.15) is 4.90 Å². The van der Waals surface area contributed by atoms with E-state index in [4.69, 9.17) is 17.3 Å². The molecule has 1 aliphatic heterocycles. The summed E-state index contributed by atoms with van der Waals surface area (Å²) in [5.41, 5.74) is 6.84. The Kier molecular flexibility index (Phi) is 3.55. The van der Waals surface area contributed by atoms with E-state index in [1.54, 1.807) is 6.92 Å². The van der Waals surface area contributed by atoms with E-state index < -0.39 is 16.1 Å². The Labute approximate surface area is 111 Å². The second-order valence-corrected chi connectivity index (χ2v) is 6.76.